The van der Waals surface area contributed by atoms with E-state index in [1.54, 1.807) is 16.2 Å². The largest absolute Gasteiger partial charge is 0.352 e. The van der Waals surface area contributed by atoms with E-state index in [2.05, 4.69) is 15.6 Å². The van der Waals surface area contributed by atoms with E-state index in [0.29, 0.717) is 12.6 Å². The van der Waals surface area contributed by atoms with Crippen molar-refractivity contribution in [3.63, 3.8) is 0 Å². The number of amides is 3. The van der Waals surface area contributed by atoms with Crippen molar-refractivity contribution in [3.8, 4) is 0 Å². The van der Waals surface area contributed by atoms with Crippen molar-refractivity contribution in [1.29, 1.82) is 0 Å². The van der Waals surface area contributed by atoms with E-state index >= 15 is 0 Å². The van der Waals surface area contributed by atoms with E-state index in [1.165, 1.54) is 0 Å². The zero-order valence-electron chi connectivity index (χ0n) is 13.0. The van der Waals surface area contributed by atoms with E-state index in [4.69, 9.17) is 0 Å². The van der Waals surface area contributed by atoms with E-state index in [9.17, 15) is 9.59 Å². The van der Waals surface area contributed by atoms with Crippen LogP contribution in [0.4, 0.5) is 4.79 Å². The van der Waals surface area contributed by atoms with Gasteiger partial charge in [-0.1, -0.05) is 0 Å². The summed E-state index contributed by atoms with van der Waals surface area (Å²) in [6.45, 7) is 4.50. The van der Waals surface area contributed by atoms with Gasteiger partial charge >= 0.3 is 6.03 Å². The van der Waals surface area contributed by atoms with Crippen LogP contribution in [0.15, 0.2) is 5.38 Å². The third-order valence-corrected chi connectivity index (χ3v) is 5.23. The number of urea groups is 1. The molecule has 0 bridgehead atoms. The van der Waals surface area contributed by atoms with Gasteiger partial charge in [-0.25, -0.2) is 9.78 Å². The molecule has 22 heavy (non-hydrogen) atoms. The Morgan fingerprint density at radius 1 is 1.41 bits per heavy atom. The van der Waals surface area contributed by atoms with Gasteiger partial charge in [0.1, 0.15) is 11.0 Å². The number of aryl methyl sites for hydroxylation is 1. The number of hydrogen-bond acceptors (Lipinski definition) is 4. The maximum absolute atomic E-state index is 12.5. The van der Waals surface area contributed by atoms with Crippen LogP contribution in [0.25, 0.3) is 0 Å². The Morgan fingerprint density at radius 3 is 2.82 bits per heavy atom. The molecule has 0 radical (unpaired) electrons. The van der Waals surface area contributed by atoms with Crippen molar-refractivity contribution < 1.29 is 9.59 Å². The van der Waals surface area contributed by atoms with Gasteiger partial charge < -0.3 is 15.5 Å². The Bertz CT molecular complexity index is 570. The highest BCUT2D eigenvalue weighted by Gasteiger charge is 2.36. The van der Waals surface area contributed by atoms with Crippen molar-refractivity contribution in [1.82, 2.24) is 20.5 Å². The third kappa shape index (κ3) is 3.40. The molecule has 1 saturated heterocycles. The summed E-state index contributed by atoms with van der Waals surface area (Å²) >= 11 is 1.54. The predicted octanol–water partition coefficient (Wildman–Crippen LogP) is 1.97. The zero-order valence-corrected chi connectivity index (χ0v) is 13.8. The van der Waals surface area contributed by atoms with Gasteiger partial charge in [0.25, 0.3) is 0 Å². The lowest BCUT2D eigenvalue weighted by atomic mass is 10.2. The quantitative estimate of drug-likeness (QED) is 0.890. The van der Waals surface area contributed by atoms with Crippen molar-refractivity contribution in [2.75, 3.05) is 6.54 Å². The molecule has 6 nitrogen and oxygen atoms in total. The van der Waals surface area contributed by atoms with Gasteiger partial charge in [-0.15, -0.1) is 11.3 Å². The van der Waals surface area contributed by atoms with Crippen molar-refractivity contribution >= 4 is 23.3 Å². The SMILES string of the molecule is Cc1csc([C@@H](C)NC(=O)N2CCC[C@H]2C(=O)NC2CC2)n1. The Morgan fingerprint density at radius 2 is 2.18 bits per heavy atom. The number of nitrogens with one attached hydrogen (secondary N) is 2. The van der Waals surface area contributed by atoms with Gasteiger partial charge in [0, 0.05) is 23.7 Å². The minimum absolute atomic E-state index is 0.00658. The van der Waals surface area contributed by atoms with Crippen molar-refractivity contribution in [2.24, 2.45) is 0 Å². The van der Waals surface area contributed by atoms with Crippen LogP contribution in [0.3, 0.4) is 0 Å². The maximum atomic E-state index is 12.5. The number of likely N-dealkylation sites (tertiary alicyclic amines) is 1. The molecule has 3 rings (SSSR count). The Balaban J connectivity index is 1.59. The Labute approximate surface area is 134 Å². The fourth-order valence-corrected chi connectivity index (χ4v) is 3.51. The lowest BCUT2D eigenvalue weighted by Gasteiger charge is -2.25. The molecule has 2 atom stereocenters. The lowest BCUT2D eigenvalue weighted by molar-refractivity contribution is -0.124. The number of aromatic nitrogens is 1. The van der Waals surface area contributed by atoms with E-state index in [1.807, 2.05) is 19.2 Å². The van der Waals surface area contributed by atoms with Gasteiger partial charge in [0.15, 0.2) is 0 Å². The number of nitrogens with zero attached hydrogens (tertiary/aromatic N) is 2. The molecule has 2 aliphatic rings. The molecule has 1 saturated carbocycles. The number of hydrogen-bond donors (Lipinski definition) is 2. The summed E-state index contributed by atoms with van der Waals surface area (Å²) in [7, 11) is 0. The van der Waals surface area contributed by atoms with Crippen LogP contribution >= 0.6 is 11.3 Å². The second kappa shape index (κ2) is 6.24. The predicted molar refractivity (Wildman–Crippen MR) is 84.7 cm³/mol. The molecule has 0 spiro atoms. The minimum Gasteiger partial charge on any atom is -0.352 e. The van der Waals surface area contributed by atoms with E-state index in [0.717, 1.165) is 36.4 Å². The summed E-state index contributed by atoms with van der Waals surface area (Å²) in [5.41, 5.74) is 0.962. The Kier molecular flexibility index (Phi) is 4.33. The molecule has 2 heterocycles. The van der Waals surface area contributed by atoms with Gasteiger partial charge in [-0.3, -0.25) is 4.79 Å². The van der Waals surface area contributed by atoms with Gasteiger partial charge in [-0.05, 0) is 39.5 Å². The van der Waals surface area contributed by atoms with E-state index in [-0.39, 0.29) is 24.0 Å². The van der Waals surface area contributed by atoms with Crippen LogP contribution in [0.5, 0.6) is 0 Å². The summed E-state index contributed by atoms with van der Waals surface area (Å²) in [6.07, 6.45) is 3.74. The third-order valence-electron chi connectivity index (χ3n) is 4.09. The maximum Gasteiger partial charge on any atom is 0.318 e. The molecule has 1 aromatic heterocycles. The second-order valence-electron chi connectivity index (χ2n) is 6.13. The highest BCUT2D eigenvalue weighted by atomic mass is 32.1. The average Bonchev–Trinajstić information content (AvgIpc) is 3.00. The van der Waals surface area contributed by atoms with Crippen LogP contribution in [-0.2, 0) is 4.79 Å². The van der Waals surface area contributed by atoms with Crippen LogP contribution in [0.1, 0.15) is 49.4 Å². The number of carbonyl (C=O) groups excluding carboxylic acids is 2. The minimum atomic E-state index is -0.328. The van der Waals surface area contributed by atoms with Gasteiger partial charge in [-0.2, -0.15) is 0 Å². The fourth-order valence-electron chi connectivity index (χ4n) is 2.71. The lowest BCUT2D eigenvalue weighted by Crippen LogP contribution is -2.50. The summed E-state index contributed by atoms with van der Waals surface area (Å²) in [6, 6.07) is -0.311. The number of carbonyl (C=O) groups is 2. The summed E-state index contributed by atoms with van der Waals surface area (Å²) < 4.78 is 0. The highest BCUT2D eigenvalue weighted by Crippen LogP contribution is 2.23. The first-order valence-electron chi connectivity index (χ1n) is 7.84. The van der Waals surface area contributed by atoms with Crippen LogP contribution < -0.4 is 10.6 Å². The topological polar surface area (TPSA) is 74.3 Å². The summed E-state index contributed by atoms with van der Waals surface area (Å²) in [5, 5.41) is 8.82. The van der Waals surface area contributed by atoms with Crippen LogP contribution in [0, 0.1) is 6.92 Å². The first kappa shape index (κ1) is 15.3. The molecular weight excluding hydrogens is 300 g/mol. The van der Waals surface area contributed by atoms with Crippen molar-refractivity contribution in [3.05, 3.63) is 16.1 Å². The molecule has 1 aliphatic carbocycles. The molecule has 1 aromatic rings. The summed E-state index contributed by atoms with van der Waals surface area (Å²) in [4.78, 5) is 30.7. The molecule has 1 aliphatic heterocycles. The molecule has 120 valence electrons. The van der Waals surface area contributed by atoms with E-state index < -0.39 is 0 Å². The first-order valence-corrected chi connectivity index (χ1v) is 8.72. The fraction of sp³-hybridized carbons (Fsp3) is 0.667. The second-order valence-corrected chi connectivity index (χ2v) is 7.02. The summed E-state index contributed by atoms with van der Waals surface area (Å²) in [5.74, 6) is -0.00658. The first-order chi connectivity index (χ1) is 10.5. The highest BCUT2D eigenvalue weighted by molar-refractivity contribution is 7.09. The van der Waals surface area contributed by atoms with Gasteiger partial charge in [0.05, 0.1) is 6.04 Å². The number of rotatable bonds is 4. The van der Waals surface area contributed by atoms with Crippen molar-refractivity contribution in [2.45, 2.75) is 57.7 Å². The van der Waals surface area contributed by atoms with Crippen LogP contribution in [0.2, 0.25) is 0 Å². The smallest absolute Gasteiger partial charge is 0.318 e. The molecule has 2 fully saturated rings. The zero-order chi connectivity index (χ0) is 15.7. The van der Waals surface area contributed by atoms with Gasteiger partial charge in [0.2, 0.25) is 5.91 Å². The Hall–Kier alpha value is -1.63. The molecule has 7 heteroatoms. The molecule has 0 unspecified atom stereocenters. The van der Waals surface area contributed by atoms with Crippen LogP contribution in [-0.4, -0.2) is 40.5 Å². The molecule has 0 aromatic carbocycles. The molecule has 2 N–H and O–H groups in total. The molecule has 3 amide bonds. The molecular formula is C15H22N4O2S. The normalized spacial score (nSPS) is 22.5. The number of thiazole rings is 1. The standard InChI is InChI=1S/C15H22N4O2S/c1-9-8-22-14(16-9)10(2)17-15(21)19-7-3-4-12(19)13(20)18-11-5-6-11/h8,10-12H,3-7H2,1-2H3,(H,17,21)(H,18,20)/t10-,12+/m1/s1. The monoisotopic (exact) mass is 322 g/mol. The average molecular weight is 322 g/mol.